The maximum absolute atomic E-state index is 13.6. The normalized spacial score (nSPS) is 15.8. The molecule has 5 aromatic heterocycles. The SMILES string of the molecule is CN1CCN(C(=O)c2[nH]c3ccc([N+](=O)[O-])cc3c2-c2ccc(C(=O)N3CCCCC3)cc2)CC1.CN1CCN(C(=O)c2[nH]c3ccc([N+](=O)[O-])cc3c2-c2ccc(OC(F)(F)F)cc2)CC1.CN1CCN(C(=O)c2[nH]c3ccc([N+](=O)[O-])cc3c2-c2ccc(Oc3ccccc3)cc2)CC1.CN1CCN(C(=O)c2[nH]c3ccc([N+](=O)[O-])cc3c2Br)CC1.CN1CCN(C(=O)c2cc3cc([N+](=O)[O-])ccc3[nH]2)CC1. The zero-order valence-electron chi connectivity index (χ0n) is 79.2. The number of ether oxygens (including phenoxy) is 2. The number of piperazine rings is 5. The molecule has 14 aromatic rings. The van der Waals surface area contributed by atoms with Gasteiger partial charge in [-0.3, -0.25) is 79.3 Å². The number of H-pyrrole nitrogens is 5. The lowest BCUT2D eigenvalue weighted by Gasteiger charge is -2.32. The van der Waals surface area contributed by atoms with Crippen LogP contribution in [0, 0.1) is 50.6 Å². The number of likely N-dealkylation sites (N-methyl/N-ethyl adjacent to an activating group) is 5. The Balaban J connectivity index is 0.000000131. The first-order chi connectivity index (χ1) is 69.0. The zero-order chi connectivity index (χ0) is 102. The van der Waals surface area contributed by atoms with Crippen molar-refractivity contribution in [1.82, 2.24) is 78.8 Å². The molecule has 20 rings (SSSR count). The van der Waals surface area contributed by atoms with E-state index >= 15 is 0 Å². The van der Waals surface area contributed by atoms with Crippen LogP contribution in [-0.2, 0) is 0 Å². The number of hydrogen-bond acceptors (Lipinski definition) is 23. The average Bonchev–Trinajstić information content (AvgIpc) is 1.61. The molecule has 6 saturated heterocycles. The highest BCUT2D eigenvalue weighted by Gasteiger charge is 2.36. The van der Waals surface area contributed by atoms with Crippen molar-refractivity contribution in [2.75, 3.05) is 179 Å². The fourth-order valence-corrected chi connectivity index (χ4v) is 18.7. The van der Waals surface area contributed by atoms with Gasteiger partial charge in [0.1, 0.15) is 45.7 Å². The second kappa shape index (κ2) is 44.1. The lowest BCUT2D eigenvalue weighted by Crippen LogP contribution is -2.47. The number of hydrogen-bond donors (Lipinski definition) is 5. The van der Waals surface area contributed by atoms with Crippen LogP contribution in [0.1, 0.15) is 82.1 Å². The Bertz CT molecular complexity index is 7170. The number of benzene rings is 9. The molecule has 9 aromatic carbocycles. The Morgan fingerprint density at radius 3 is 0.951 bits per heavy atom. The number of aromatic amines is 5. The molecule has 11 heterocycles. The summed E-state index contributed by atoms with van der Waals surface area (Å²) in [7, 11) is 10.1. The molecule has 0 spiro atoms. The van der Waals surface area contributed by atoms with Gasteiger partial charge >= 0.3 is 6.36 Å². The van der Waals surface area contributed by atoms with Gasteiger partial charge in [0.2, 0.25) is 0 Å². The molecule has 6 fully saturated rings. The summed E-state index contributed by atoms with van der Waals surface area (Å²) in [6.45, 7) is 15.8. The van der Waals surface area contributed by atoms with Crippen LogP contribution in [0.5, 0.6) is 17.2 Å². The van der Waals surface area contributed by atoms with E-state index in [2.05, 4.69) is 70.1 Å². The number of amides is 6. The monoisotopic (exact) mass is 2030 g/mol. The molecule has 43 heteroatoms. The summed E-state index contributed by atoms with van der Waals surface area (Å²) in [5.74, 6) is 0.352. The van der Waals surface area contributed by atoms with Gasteiger partial charge in [0.25, 0.3) is 63.9 Å². The minimum atomic E-state index is -4.83. The van der Waals surface area contributed by atoms with Crippen molar-refractivity contribution < 1.29 is 76.0 Å². The van der Waals surface area contributed by atoms with Crippen molar-refractivity contribution in [2.24, 2.45) is 0 Å². The maximum atomic E-state index is 13.6. The second-order valence-corrected chi connectivity index (χ2v) is 36.8. The molecule has 39 nitrogen and oxygen atoms in total. The largest absolute Gasteiger partial charge is 0.573 e. The summed E-state index contributed by atoms with van der Waals surface area (Å²) in [5, 5.41) is 58.8. The van der Waals surface area contributed by atoms with Gasteiger partial charge in [-0.2, -0.15) is 0 Å². The number of non-ortho nitro benzene ring substituents is 5. The third-order valence-electron chi connectivity index (χ3n) is 26.3. The number of rotatable bonds is 17. The lowest BCUT2D eigenvalue weighted by molar-refractivity contribution is -0.384. The van der Waals surface area contributed by atoms with Crippen molar-refractivity contribution >= 4 is 134 Å². The Kier molecular flexibility index (Phi) is 31.0. The molecule has 0 aliphatic carbocycles. The van der Waals surface area contributed by atoms with Gasteiger partial charge in [0.05, 0.1) is 29.1 Å². The van der Waals surface area contributed by atoms with Crippen LogP contribution in [0.3, 0.4) is 0 Å². The smallest absolute Gasteiger partial charge is 0.457 e. The number of piperidine rings is 1. The number of nitro benzene ring substituents is 5. The van der Waals surface area contributed by atoms with E-state index in [4.69, 9.17) is 4.74 Å². The Labute approximate surface area is 829 Å². The van der Waals surface area contributed by atoms with Gasteiger partial charge in [0.15, 0.2) is 0 Å². The first-order valence-electron chi connectivity index (χ1n) is 46.7. The van der Waals surface area contributed by atoms with Gasteiger partial charge in [-0.1, -0.05) is 54.6 Å². The predicted molar refractivity (Wildman–Crippen MR) is 539 cm³/mol. The van der Waals surface area contributed by atoms with Gasteiger partial charge in [-0.25, -0.2) is 0 Å². The van der Waals surface area contributed by atoms with Crippen LogP contribution in [0.25, 0.3) is 87.9 Å². The van der Waals surface area contributed by atoms with Crippen LogP contribution >= 0.6 is 15.9 Å². The molecule has 748 valence electrons. The maximum Gasteiger partial charge on any atom is 0.573 e. The number of fused-ring (bicyclic) bond motifs is 5. The molecule has 0 unspecified atom stereocenters. The molecule has 6 aliphatic heterocycles. The molecular weight excluding hydrogens is 1930 g/mol. The molecular formula is C101H103BrF3N21O18. The number of nitro groups is 5. The number of nitrogens with one attached hydrogen (secondary N) is 5. The van der Waals surface area contributed by atoms with Crippen LogP contribution in [0.4, 0.5) is 41.6 Å². The molecule has 0 radical (unpaired) electrons. The summed E-state index contributed by atoms with van der Waals surface area (Å²) < 4.78 is 47.9. The number of carbonyl (C=O) groups is 6. The standard InChI is InChI=1S/C26H29N5O4.C26H24N4O4.C21H19F3N4O4.C14H15BrN4O3.C14H16N4O3/c1-28-13-15-30(16-14-28)26(33)24-23(21-17-20(31(34)35)9-10-22(21)27-24)18-5-7-19(8-6-18)25(32)29-11-3-2-4-12-29;1-28-13-15-29(16-14-28)26(31)25-24(22-17-19(30(32)33)9-12-23(22)27-25)18-7-10-21(11-8-18)34-20-5-3-2-4-6-20;1-26-8-10-27(11-9-26)20(29)19-18(13-2-5-15(6-3-13)32-21(22,23)24)16-12-14(28(30)31)4-7-17(16)25-19;1-17-4-6-18(7-5-17)14(20)13-12(15)10-8-9(19(21)22)2-3-11(10)16-13;1-16-4-6-17(7-5-16)14(19)13-9-10-8-11(18(20)21)2-3-12(10)15-13/h5-10,17,27H,2-4,11-16H2,1H3;2-12,17,27H,13-16H2,1H3;2-7,12,25H,8-11H2,1H3;2-3,8,16H,4-7H2,1H3;2-3,8-9,15H,4-7H2,1H3. The van der Waals surface area contributed by atoms with Gasteiger partial charge in [0, 0.05) is 281 Å². The highest BCUT2D eigenvalue weighted by molar-refractivity contribution is 9.10. The molecule has 5 N–H and O–H groups in total. The van der Waals surface area contributed by atoms with E-state index in [1.54, 1.807) is 57.2 Å². The van der Waals surface area contributed by atoms with Gasteiger partial charge < -0.3 is 88.3 Å². The van der Waals surface area contributed by atoms with E-state index < -0.39 is 36.7 Å². The molecule has 6 amide bonds. The van der Waals surface area contributed by atoms with E-state index in [1.165, 1.54) is 78.9 Å². The van der Waals surface area contributed by atoms with Crippen LogP contribution in [-0.4, -0.2) is 324 Å². The van der Waals surface area contributed by atoms with Crippen molar-refractivity contribution in [2.45, 2.75) is 25.6 Å². The van der Waals surface area contributed by atoms with E-state index in [0.29, 0.717) is 188 Å². The molecule has 0 bridgehead atoms. The quantitative estimate of drug-likeness (QED) is 0.0417. The molecule has 0 saturated carbocycles. The first kappa shape index (κ1) is 101. The van der Waals surface area contributed by atoms with Crippen LogP contribution < -0.4 is 9.47 Å². The summed E-state index contributed by atoms with van der Waals surface area (Å²) in [5.41, 5.74) is 9.38. The van der Waals surface area contributed by atoms with Crippen LogP contribution in [0.15, 0.2) is 205 Å². The van der Waals surface area contributed by atoms with E-state index in [0.717, 1.165) is 119 Å². The highest BCUT2D eigenvalue weighted by atomic mass is 79.9. The molecule has 0 atom stereocenters. The Morgan fingerprint density at radius 1 is 0.306 bits per heavy atom. The van der Waals surface area contributed by atoms with Crippen LogP contribution in [0.2, 0.25) is 0 Å². The summed E-state index contributed by atoms with van der Waals surface area (Å²) >= 11 is 3.40. The number of aromatic nitrogens is 5. The van der Waals surface area contributed by atoms with E-state index in [9.17, 15) is 92.5 Å². The number of likely N-dealkylation sites (tertiary alicyclic amines) is 1. The predicted octanol–water partition coefficient (Wildman–Crippen LogP) is 16.4. The average molecular weight is 2040 g/mol. The van der Waals surface area contributed by atoms with Crippen molar-refractivity contribution in [3.8, 4) is 50.6 Å². The minimum Gasteiger partial charge on any atom is -0.457 e. The summed E-state index contributed by atoms with van der Waals surface area (Å²) in [6, 6.07) is 53.4. The fourth-order valence-electron chi connectivity index (χ4n) is 18.1. The highest BCUT2D eigenvalue weighted by Crippen LogP contribution is 2.42. The van der Waals surface area contributed by atoms with E-state index in [1.807, 2.05) is 117 Å². The Morgan fingerprint density at radius 2 is 0.597 bits per heavy atom. The van der Waals surface area contributed by atoms with Crippen molar-refractivity contribution in [3.63, 3.8) is 0 Å². The summed E-state index contributed by atoms with van der Waals surface area (Å²) in [6.07, 6.45) is -1.63. The Hall–Kier alpha value is -15.8. The third kappa shape index (κ3) is 23.5. The minimum absolute atomic E-state index is 0.00537. The number of alkyl halides is 3. The topological polar surface area (TPSA) is 451 Å². The third-order valence-corrected chi connectivity index (χ3v) is 27.1. The number of nitrogens with zero attached hydrogens (tertiary/aromatic N) is 16. The van der Waals surface area contributed by atoms with Gasteiger partial charge in [-0.05, 0) is 172 Å². The molecule has 144 heavy (non-hydrogen) atoms. The van der Waals surface area contributed by atoms with E-state index in [-0.39, 0.29) is 69.6 Å². The lowest BCUT2D eigenvalue weighted by atomic mass is 9.99. The number of para-hydroxylation sites is 1. The first-order valence-corrected chi connectivity index (χ1v) is 47.5. The number of carbonyl (C=O) groups excluding carboxylic acids is 6. The van der Waals surface area contributed by atoms with Crippen molar-refractivity contribution in [1.29, 1.82) is 0 Å². The number of halogens is 4. The zero-order valence-corrected chi connectivity index (χ0v) is 80.8. The second-order valence-electron chi connectivity index (χ2n) is 36.0. The van der Waals surface area contributed by atoms with Gasteiger partial charge in [-0.15, -0.1) is 13.2 Å². The van der Waals surface area contributed by atoms with Crippen molar-refractivity contribution in [3.05, 3.63) is 289 Å². The summed E-state index contributed by atoms with van der Waals surface area (Å²) in [4.78, 5) is 169. The fraction of sp³-hybridized carbons (Fsp3) is 0.307. The molecule has 6 aliphatic rings.